The van der Waals surface area contributed by atoms with Gasteiger partial charge in [0.2, 0.25) is 15.9 Å². The van der Waals surface area contributed by atoms with Crippen LogP contribution in [0.3, 0.4) is 0 Å². The van der Waals surface area contributed by atoms with E-state index in [1.807, 2.05) is 25.1 Å². The highest BCUT2D eigenvalue weighted by molar-refractivity contribution is 7.92. The highest BCUT2D eigenvalue weighted by Gasteiger charge is 2.10. The lowest BCUT2D eigenvalue weighted by Crippen LogP contribution is -2.29. The van der Waals surface area contributed by atoms with Crippen LogP contribution >= 0.6 is 0 Å². The number of carbonyl (C=O) groups excluding carboxylic acids is 1. The van der Waals surface area contributed by atoms with Gasteiger partial charge in [-0.15, -0.1) is 5.10 Å². The molecule has 138 valence electrons. The average Bonchev–Trinajstić information content (AvgIpc) is 3.10. The Hall–Kier alpha value is -2.88. The van der Waals surface area contributed by atoms with Crippen LogP contribution < -0.4 is 10.0 Å². The van der Waals surface area contributed by atoms with Crippen molar-refractivity contribution in [3.8, 4) is 0 Å². The summed E-state index contributed by atoms with van der Waals surface area (Å²) < 4.78 is 25.8. The molecule has 1 amide bonds. The predicted octanol–water partition coefficient (Wildman–Crippen LogP) is 0.798. The number of hydrogen-bond donors (Lipinski definition) is 3. The number of hydrogen-bond acceptors (Lipinski definition) is 5. The summed E-state index contributed by atoms with van der Waals surface area (Å²) in [6.07, 6.45) is 3.09. The summed E-state index contributed by atoms with van der Waals surface area (Å²) in [5.74, 6) is -0.145. The van der Waals surface area contributed by atoms with E-state index in [0.717, 1.165) is 22.9 Å². The van der Waals surface area contributed by atoms with E-state index in [9.17, 15) is 13.2 Å². The van der Waals surface area contributed by atoms with Crippen molar-refractivity contribution in [2.75, 3.05) is 17.5 Å². The van der Waals surface area contributed by atoms with Crippen LogP contribution in [0.2, 0.25) is 0 Å². The molecule has 0 unspecified atom stereocenters. The Bertz CT molecular complexity index is 1040. The second kappa shape index (κ2) is 7.16. The minimum absolute atomic E-state index is 0.0364. The lowest BCUT2D eigenvalue weighted by molar-refractivity contribution is -0.121. The molecule has 9 nitrogen and oxygen atoms in total. The van der Waals surface area contributed by atoms with Crippen molar-refractivity contribution in [3.05, 3.63) is 41.7 Å². The molecule has 0 fully saturated rings. The number of amides is 1. The largest absolute Gasteiger partial charge is 0.358 e. The summed E-state index contributed by atoms with van der Waals surface area (Å²) in [4.78, 5) is 15.4. The zero-order valence-corrected chi connectivity index (χ0v) is 15.3. The van der Waals surface area contributed by atoms with Crippen molar-refractivity contribution in [1.82, 2.24) is 25.3 Å². The standard InChI is InChI=1S/C16H20N6O3S/c1-11-12(13-5-3-4-6-14(13)18-11)7-8-17-16(23)10-22-9-15(19-21-22)20-26(2,24)25/h3-6,9,18,20H,7-8,10H2,1-2H3,(H,17,23). The summed E-state index contributed by atoms with van der Waals surface area (Å²) in [6, 6.07) is 8.05. The van der Waals surface area contributed by atoms with E-state index in [0.29, 0.717) is 13.0 Å². The molecule has 3 N–H and O–H groups in total. The number of para-hydroxylation sites is 1. The van der Waals surface area contributed by atoms with Crippen LogP contribution in [0.15, 0.2) is 30.5 Å². The molecule has 2 heterocycles. The van der Waals surface area contributed by atoms with Crippen LogP contribution in [0, 0.1) is 6.92 Å². The number of nitrogens with one attached hydrogen (secondary N) is 3. The van der Waals surface area contributed by atoms with E-state index in [1.165, 1.54) is 16.4 Å². The summed E-state index contributed by atoms with van der Waals surface area (Å²) in [6.45, 7) is 2.47. The number of sulfonamides is 1. The maximum Gasteiger partial charge on any atom is 0.241 e. The molecule has 0 aliphatic heterocycles. The van der Waals surface area contributed by atoms with Crippen molar-refractivity contribution in [2.45, 2.75) is 19.9 Å². The molecule has 2 aromatic heterocycles. The summed E-state index contributed by atoms with van der Waals surface area (Å²) >= 11 is 0. The molecule has 3 aromatic rings. The molecular weight excluding hydrogens is 356 g/mol. The first kappa shape index (κ1) is 17.9. The average molecular weight is 376 g/mol. The van der Waals surface area contributed by atoms with E-state index < -0.39 is 10.0 Å². The van der Waals surface area contributed by atoms with Crippen molar-refractivity contribution in [2.24, 2.45) is 0 Å². The predicted molar refractivity (Wildman–Crippen MR) is 98.2 cm³/mol. The minimum atomic E-state index is -3.42. The smallest absolute Gasteiger partial charge is 0.241 e. The number of benzene rings is 1. The Labute approximate surface area is 150 Å². The maximum atomic E-state index is 12.0. The third-order valence-corrected chi connectivity index (χ3v) is 4.44. The monoisotopic (exact) mass is 376 g/mol. The Balaban J connectivity index is 1.54. The number of nitrogens with zero attached hydrogens (tertiary/aromatic N) is 3. The van der Waals surface area contributed by atoms with E-state index >= 15 is 0 Å². The van der Waals surface area contributed by atoms with Crippen LogP contribution in [-0.4, -0.2) is 47.1 Å². The van der Waals surface area contributed by atoms with E-state index in [4.69, 9.17) is 0 Å². The van der Waals surface area contributed by atoms with E-state index in [-0.39, 0.29) is 18.3 Å². The molecule has 0 atom stereocenters. The minimum Gasteiger partial charge on any atom is -0.358 e. The first-order chi connectivity index (χ1) is 12.3. The molecule has 0 saturated carbocycles. The van der Waals surface area contributed by atoms with Crippen molar-refractivity contribution in [1.29, 1.82) is 0 Å². The molecular formula is C16H20N6O3S. The van der Waals surface area contributed by atoms with Crippen LogP contribution in [0.25, 0.3) is 10.9 Å². The SMILES string of the molecule is Cc1[nH]c2ccccc2c1CCNC(=O)Cn1cc(NS(C)(=O)=O)nn1. The summed E-state index contributed by atoms with van der Waals surface area (Å²) in [5, 5.41) is 11.4. The number of aryl methyl sites for hydroxylation is 1. The van der Waals surface area contributed by atoms with Crippen LogP contribution in [0.1, 0.15) is 11.3 Å². The number of fused-ring (bicyclic) bond motifs is 1. The van der Waals surface area contributed by atoms with Crippen molar-refractivity contribution in [3.63, 3.8) is 0 Å². The molecule has 1 aromatic carbocycles. The fraction of sp³-hybridized carbons (Fsp3) is 0.312. The van der Waals surface area contributed by atoms with Crippen LogP contribution in [0.4, 0.5) is 5.82 Å². The zero-order chi connectivity index (χ0) is 18.7. The molecule has 0 aliphatic carbocycles. The first-order valence-corrected chi connectivity index (χ1v) is 9.92. The summed E-state index contributed by atoms with van der Waals surface area (Å²) in [7, 11) is -3.42. The van der Waals surface area contributed by atoms with Crippen LogP contribution in [-0.2, 0) is 27.8 Å². The van der Waals surface area contributed by atoms with Gasteiger partial charge in [0.1, 0.15) is 6.54 Å². The number of aromatic amines is 1. The maximum absolute atomic E-state index is 12.0. The van der Waals surface area contributed by atoms with Gasteiger partial charge >= 0.3 is 0 Å². The molecule has 26 heavy (non-hydrogen) atoms. The number of H-pyrrole nitrogens is 1. The van der Waals surface area contributed by atoms with Gasteiger partial charge in [-0.1, -0.05) is 23.4 Å². The zero-order valence-electron chi connectivity index (χ0n) is 14.5. The Kier molecular flexibility index (Phi) is 4.94. The van der Waals surface area contributed by atoms with Crippen LogP contribution in [0.5, 0.6) is 0 Å². The Morgan fingerprint density at radius 1 is 1.31 bits per heavy atom. The fourth-order valence-corrected chi connectivity index (χ4v) is 3.27. The van der Waals surface area contributed by atoms with Gasteiger partial charge in [-0.25, -0.2) is 13.1 Å². The third-order valence-electron chi connectivity index (χ3n) is 3.86. The quantitative estimate of drug-likeness (QED) is 0.563. The number of rotatable bonds is 7. The number of aromatic nitrogens is 4. The molecule has 0 aliphatic rings. The number of carbonyl (C=O) groups is 1. The lowest BCUT2D eigenvalue weighted by atomic mass is 10.1. The third kappa shape index (κ3) is 4.39. The van der Waals surface area contributed by atoms with E-state index in [1.54, 1.807) is 0 Å². The highest BCUT2D eigenvalue weighted by atomic mass is 32.2. The van der Waals surface area contributed by atoms with Crippen molar-refractivity contribution >= 4 is 32.7 Å². The molecule has 10 heteroatoms. The van der Waals surface area contributed by atoms with Gasteiger partial charge < -0.3 is 10.3 Å². The normalized spacial score (nSPS) is 11.6. The molecule has 0 bridgehead atoms. The van der Waals surface area contributed by atoms with Gasteiger partial charge in [-0.05, 0) is 25.0 Å². The molecule has 0 spiro atoms. The van der Waals surface area contributed by atoms with Gasteiger partial charge in [-0.2, -0.15) is 0 Å². The van der Waals surface area contributed by atoms with Gasteiger partial charge in [0, 0.05) is 23.1 Å². The van der Waals surface area contributed by atoms with Gasteiger partial charge in [0.15, 0.2) is 5.82 Å². The van der Waals surface area contributed by atoms with Gasteiger partial charge in [-0.3, -0.25) is 9.52 Å². The van der Waals surface area contributed by atoms with Crippen molar-refractivity contribution < 1.29 is 13.2 Å². The fourth-order valence-electron chi connectivity index (χ4n) is 2.80. The highest BCUT2D eigenvalue weighted by Crippen LogP contribution is 2.21. The molecule has 0 radical (unpaired) electrons. The first-order valence-electron chi connectivity index (χ1n) is 8.02. The van der Waals surface area contributed by atoms with Gasteiger partial charge in [0.25, 0.3) is 0 Å². The Morgan fingerprint density at radius 2 is 2.08 bits per heavy atom. The Morgan fingerprint density at radius 3 is 2.85 bits per heavy atom. The molecule has 0 saturated heterocycles. The van der Waals surface area contributed by atoms with E-state index in [2.05, 4.69) is 31.4 Å². The topological polar surface area (TPSA) is 122 Å². The summed E-state index contributed by atoms with van der Waals surface area (Å²) in [5.41, 5.74) is 3.36. The molecule has 3 rings (SSSR count). The lowest BCUT2D eigenvalue weighted by Gasteiger charge is -2.05. The number of anilines is 1. The second-order valence-corrected chi connectivity index (χ2v) is 7.80. The second-order valence-electron chi connectivity index (χ2n) is 6.05. The van der Waals surface area contributed by atoms with Gasteiger partial charge in [0.05, 0.1) is 12.5 Å².